The molecule has 0 radical (unpaired) electrons. The predicted molar refractivity (Wildman–Crippen MR) is 141 cm³/mol. The number of carbonyl (C=O) groups excluding carboxylic acids is 2. The van der Waals surface area contributed by atoms with Crippen LogP contribution in [-0.4, -0.2) is 41.5 Å². The molecule has 7 heteroatoms. The predicted octanol–water partition coefficient (Wildman–Crippen LogP) is 5.39. The lowest BCUT2D eigenvalue weighted by Gasteiger charge is -2.21. The number of nitrogens with zero attached hydrogens (tertiary/aromatic N) is 2. The van der Waals surface area contributed by atoms with E-state index in [1.54, 1.807) is 7.11 Å². The lowest BCUT2D eigenvalue weighted by Crippen LogP contribution is -2.33. The molecule has 36 heavy (non-hydrogen) atoms. The number of rotatable bonds is 6. The molecule has 0 unspecified atom stereocenters. The average Bonchev–Trinajstić information content (AvgIpc) is 3.33. The van der Waals surface area contributed by atoms with E-state index in [0.717, 1.165) is 39.0 Å². The van der Waals surface area contributed by atoms with Crippen molar-refractivity contribution in [3.63, 3.8) is 0 Å². The molecule has 0 saturated carbocycles. The first-order chi connectivity index (χ1) is 17.2. The van der Waals surface area contributed by atoms with Gasteiger partial charge in [0.1, 0.15) is 6.61 Å². The number of carbonyl (C=O) groups is 2. The number of aromatic nitrogens is 1. The van der Waals surface area contributed by atoms with Gasteiger partial charge in [-0.2, -0.15) is 0 Å². The molecule has 1 aromatic heterocycles. The SMILES string of the molecule is C=C(C)COc1ccc([C@H]2C3=C(CN(C(C)=O)C3=O)Nc3cccc4c3c2cn4C(C)C)cc1OC. The van der Waals surface area contributed by atoms with Gasteiger partial charge in [0.2, 0.25) is 5.91 Å². The van der Waals surface area contributed by atoms with Crippen LogP contribution in [0.2, 0.25) is 0 Å². The van der Waals surface area contributed by atoms with Crippen LogP contribution in [0.5, 0.6) is 11.5 Å². The minimum atomic E-state index is -0.389. The molecule has 3 heterocycles. The molecule has 2 aliphatic heterocycles. The van der Waals surface area contributed by atoms with Gasteiger partial charge in [-0.3, -0.25) is 14.5 Å². The van der Waals surface area contributed by atoms with Gasteiger partial charge in [-0.15, -0.1) is 0 Å². The number of anilines is 1. The highest BCUT2D eigenvalue weighted by Crippen LogP contribution is 2.48. The lowest BCUT2D eigenvalue weighted by atomic mass is 9.84. The summed E-state index contributed by atoms with van der Waals surface area (Å²) in [5, 5.41) is 4.59. The molecule has 2 aliphatic rings. The molecule has 0 bridgehead atoms. The van der Waals surface area contributed by atoms with Crippen LogP contribution >= 0.6 is 0 Å². The van der Waals surface area contributed by atoms with Crippen molar-refractivity contribution in [1.29, 1.82) is 0 Å². The smallest absolute Gasteiger partial charge is 0.259 e. The van der Waals surface area contributed by atoms with Gasteiger partial charge in [0, 0.05) is 41.9 Å². The Balaban J connectivity index is 1.74. The van der Waals surface area contributed by atoms with Crippen molar-refractivity contribution in [2.75, 3.05) is 25.6 Å². The Hall–Kier alpha value is -4.00. The van der Waals surface area contributed by atoms with Crippen LogP contribution in [0.1, 0.15) is 50.8 Å². The monoisotopic (exact) mass is 485 g/mol. The fourth-order valence-electron chi connectivity index (χ4n) is 5.19. The van der Waals surface area contributed by atoms with Crippen molar-refractivity contribution in [3.8, 4) is 11.5 Å². The Morgan fingerprint density at radius 1 is 1.19 bits per heavy atom. The first kappa shape index (κ1) is 23.7. The maximum absolute atomic E-state index is 13.7. The molecule has 2 amide bonds. The van der Waals surface area contributed by atoms with Crippen LogP contribution in [0.15, 0.2) is 66.0 Å². The van der Waals surface area contributed by atoms with Crippen molar-refractivity contribution in [2.24, 2.45) is 0 Å². The van der Waals surface area contributed by atoms with Crippen molar-refractivity contribution in [2.45, 2.75) is 39.7 Å². The number of imide groups is 1. The minimum Gasteiger partial charge on any atom is -0.493 e. The number of ether oxygens (including phenoxy) is 2. The maximum atomic E-state index is 13.7. The molecular weight excluding hydrogens is 454 g/mol. The van der Waals surface area contributed by atoms with Gasteiger partial charge in [-0.05, 0) is 61.7 Å². The molecule has 186 valence electrons. The summed E-state index contributed by atoms with van der Waals surface area (Å²) >= 11 is 0. The van der Waals surface area contributed by atoms with E-state index in [1.165, 1.54) is 11.8 Å². The number of hydrogen-bond acceptors (Lipinski definition) is 5. The summed E-state index contributed by atoms with van der Waals surface area (Å²) in [5.74, 6) is 0.260. The van der Waals surface area contributed by atoms with E-state index < -0.39 is 0 Å². The highest BCUT2D eigenvalue weighted by molar-refractivity contribution is 6.11. The van der Waals surface area contributed by atoms with Crippen LogP contribution in [0, 0.1) is 0 Å². The fraction of sp³-hybridized carbons (Fsp3) is 0.310. The normalized spacial score (nSPS) is 16.8. The lowest BCUT2D eigenvalue weighted by molar-refractivity contribution is -0.139. The van der Waals surface area contributed by atoms with E-state index in [1.807, 2.05) is 37.3 Å². The minimum absolute atomic E-state index is 0.224. The van der Waals surface area contributed by atoms with E-state index in [-0.39, 0.29) is 30.3 Å². The van der Waals surface area contributed by atoms with E-state index in [0.29, 0.717) is 23.7 Å². The van der Waals surface area contributed by atoms with E-state index in [9.17, 15) is 9.59 Å². The van der Waals surface area contributed by atoms with Crippen molar-refractivity contribution < 1.29 is 19.1 Å². The number of methoxy groups -OCH3 is 1. The summed E-state index contributed by atoms with van der Waals surface area (Å²) in [5.41, 5.74) is 6.18. The van der Waals surface area contributed by atoms with E-state index in [2.05, 4.69) is 42.6 Å². The summed E-state index contributed by atoms with van der Waals surface area (Å²) < 4.78 is 13.8. The zero-order valence-electron chi connectivity index (χ0n) is 21.3. The third-order valence-electron chi connectivity index (χ3n) is 6.82. The van der Waals surface area contributed by atoms with Crippen LogP contribution < -0.4 is 14.8 Å². The maximum Gasteiger partial charge on any atom is 0.259 e. The van der Waals surface area contributed by atoms with Crippen LogP contribution in [0.25, 0.3) is 10.9 Å². The van der Waals surface area contributed by atoms with Gasteiger partial charge in [-0.25, -0.2) is 0 Å². The Bertz CT molecular complexity index is 1450. The number of amides is 2. The Morgan fingerprint density at radius 2 is 1.97 bits per heavy atom. The zero-order chi connectivity index (χ0) is 25.7. The first-order valence-corrected chi connectivity index (χ1v) is 12.1. The Kier molecular flexibility index (Phi) is 5.86. The molecule has 0 aliphatic carbocycles. The molecule has 2 aromatic carbocycles. The molecule has 1 N–H and O–H groups in total. The van der Waals surface area contributed by atoms with Crippen LogP contribution in [-0.2, 0) is 9.59 Å². The summed E-state index contributed by atoms with van der Waals surface area (Å²) in [6.45, 7) is 12.1. The standard InChI is InChI=1S/C29H31N3O4/c1-16(2)15-36-24-11-10-19(12-25(24)35-6)26-20-13-31(17(3)4)23-9-7-8-21(27(20)23)30-22-14-32(18(5)33)29(34)28(22)26/h7-13,17,26,30H,1,14-15H2,2-6H3/t26-/m1/s1. The molecular formula is C29H31N3O4. The largest absolute Gasteiger partial charge is 0.493 e. The molecule has 7 nitrogen and oxygen atoms in total. The van der Waals surface area contributed by atoms with Crippen molar-refractivity contribution >= 4 is 28.4 Å². The van der Waals surface area contributed by atoms with Gasteiger partial charge < -0.3 is 19.4 Å². The zero-order valence-corrected chi connectivity index (χ0v) is 21.3. The van der Waals surface area contributed by atoms with Gasteiger partial charge in [0.15, 0.2) is 11.5 Å². The van der Waals surface area contributed by atoms with E-state index >= 15 is 0 Å². The van der Waals surface area contributed by atoms with Crippen molar-refractivity contribution in [3.05, 3.63) is 77.1 Å². The topological polar surface area (TPSA) is 72.8 Å². The van der Waals surface area contributed by atoms with Gasteiger partial charge >= 0.3 is 0 Å². The van der Waals surface area contributed by atoms with Crippen molar-refractivity contribution in [1.82, 2.24) is 9.47 Å². The summed E-state index contributed by atoms with van der Waals surface area (Å²) in [4.78, 5) is 27.3. The second kappa shape index (κ2) is 8.90. The summed E-state index contributed by atoms with van der Waals surface area (Å²) in [6.07, 6.45) is 2.14. The molecule has 3 aromatic rings. The van der Waals surface area contributed by atoms with Gasteiger partial charge in [-0.1, -0.05) is 18.7 Å². The summed E-state index contributed by atoms with van der Waals surface area (Å²) in [7, 11) is 1.60. The van der Waals surface area contributed by atoms with E-state index in [4.69, 9.17) is 9.47 Å². The Labute approximate surface area is 211 Å². The highest BCUT2D eigenvalue weighted by atomic mass is 16.5. The molecule has 5 rings (SSSR count). The number of benzene rings is 2. The fourth-order valence-corrected chi connectivity index (χ4v) is 5.19. The molecule has 0 fully saturated rings. The highest BCUT2D eigenvalue weighted by Gasteiger charge is 2.42. The number of hydrogen-bond donors (Lipinski definition) is 1. The van der Waals surface area contributed by atoms with Gasteiger partial charge in [0.25, 0.3) is 5.91 Å². The van der Waals surface area contributed by atoms with Gasteiger partial charge in [0.05, 0.1) is 24.7 Å². The second-order valence-corrected chi connectivity index (χ2v) is 9.80. The third kappa shape index (κ3) is 3.75. The second-order valence-electron chi connectivity index (χ2n) is 9.80. The average molecular weight is 486 g/mol. The van der Waals surface area contributed by atoms with Crippen LogP contribution in [0.4, 0.5) is 5.69 Å². The molecule has 1 atom stereocenters. The summed E-state index contributed by atoms with van der Waals surface area (Å²) in [6, 6.07) is 12.2. The Morgan fingerprint density at radius 3 is 2.64 bits per heavy atom. The first-order valence-electron chi connectivity index (χ1n) is 12.1. The third-order valence-corrected chi connectivity index (χ3v) is 6.82. The quantitative estimate of drug-likeness (QED) is 0.474. The molecule has 0 saturated heterocycles. The number of nitrogens with one attached hydrogen (secondary N) is 1. The van der Waals surface area contributed by atoms with Crippen LogP contribution in [0.3, 0.4) is 0 Å². The molecule has 0 spiro atoms.